The Kier molecular flexibility index (Phi) is 4.83. The first kappa shape index (κ1) is 15.1. The van der Waals surface area contributed by atoms with Crippen molar-refractivity contribution in [3.63, 3.8) is 0 Å². The molecule has 1 atom stereocenters. The molecule has 20 heavy (non-hydrogen) atoms. The number of amides is 1. The van der Waals surface area contributed by atoms with Crippen molar-refractivity contribution in [3.05, 3.63) is 52.5 Å². The number of thiazole rings is 1. The van der Waals surface area contributed by atoms with Gasteiger partial charge in [-0.05, 0) is 25.8 Å². The summed E-state index contributed by atoms with van der Waals surface area (Å²) in [5.74, 6) is -0.0719. The van der Waals surface area contributed by atoms with E-state index in [-0.39, 0.29) is 11.2 Å². The molecule has 106 valence electrons. The molecule has 1 N–H and O–H groups in total. The van der Waals surface area contributed by atoms with Gasteiger partial charge in [-0.15, -0.1) is 11.3 Å². The van der Waals surface area contributed by atoms with Gasteiger partial charge in [0, 0.05) is 11.6 Å². The van der Waals surface area contributed by atoms with Gasteiger partial charge in [0.05, 0.1) is 10.8 Å². The summed E-state index contributed by atoms with van der Waals surface area (Å²) < 4.78 is 0. The molecule has 2 rings (SSSR count). The maximum Gasteiger partial charge on any atom is 0.233 e. The number of rotatable bonds is 5. The molecule has 0 aliphatic rings. The van der Waals surface area contributed by atoms with Crippen LogP contribution in [0.15, 0.2) is 41.9 Å². The minimum Gasteiger partial charge on any atom is -0.344 e. The highest BCUT2D eigenvalue weighted by molar-refractivity contribution is 7.81. The number of aromatic nitrogens is 1. The lowest BCUT2D eigenvalue weighted by molar-refractivity contribution is -0.122. The Labute approximate surface area is 128 Å². The second-order valence-corrected chi connectivity index (χ2v) is 6.67. The van der Waals surface area contributed by atoms with Gasteiger partial charge in [0.2, 0.25) is 5.91 Å². The van der Waals surface area contributed by atoms with Crippen molar-refractivity contribution in [2.45, 2.75) is 31.1 Å². The summed E-state index contributed by atoms with van der Waals surface area (Å²) in [7, 11) is 0. The van der Waals surface area contributed by atoms with Crippen LogP contribution in [0.2, 0.25) is 0 Å². The normalized spacial score (nSPS) is 12.9. The van der Waals surface area contributed by atoms with Crippen molar-refractivity contribution >= 4 is 29.9 Å². The number of nitrogens with zero attached hydrogens (tertiary/aromatic N) is 1. The number of hydrogen-bond donors (Lipinski definition) is 2. The average molecular weight is 306 g/mol. The second-order valence-electron chi connectivity index (χ2n) is 5.16. The molecule has 1 unspecified atom stereocenters. The van der Waals surface area contributed by atoms with Gasteiger partial charge in [-0.3, -0.25) is 4.79 Å². The molecule has 2 aromatic rings. The van der Waals surface area contributed by atoms with E-state index in [9.17, 15) is 4.79 Å². The smallest absolute Gasteiger partial charge is 0.233 e. The zero-order chi connectivity index (χ0) is 14.6. The van der Waals surface area contributed by atoms with Gasteiger partial charge in [-0.1, -0.05) is 30.3 Å². The standard InChI is InChI=1S/C15H18N2OS2/c1-15(2,14-16-8-9-20-14)17-13(18)12(19)10-11-6-4-3-5-7-11/h3-9,12,19H,10H2,1-2H3,(H,17,18). The Morgan fingerprint density at radius 2 is 2.10 bits per heavy atom. The highest BCUT2D eigenvalue weighted by Gasteiger charge is 2.27. The Morgan fingerprint density at radius 1 is 1.40 bits per heavy atom. The predicted octanol–water partition coefficient (Wildman–Crippen LogP) is 3.04. The van der Waals surface area contributed by atoms with Crippen molar-refractivity contribution in [2.24, 2.45) is 0 Å². The van der Waals surface area contributed by atoms with Crippen molar-refractivity contribution in [1.82, 2.24) is 10.3 Å². The number of hydrogen-bond acceptors (Lipinski definition) is 4. The molecule has 0 aliphatic heterocycles. The van der Waals surface area contributed by atoms with Crippen LogP contribution in [0.3, 0.4) is 0 Å². The topological polar surface area (TPSA) is 42.0 Å². The van der Waals surface area contributed by atoms with Crippen LogP contribution in [0.4, 0.5) is 0 Å². The van der Waals surface area contributed by atoms with Crippen LogP contribution in [0.1, 0.15) is 24.4 Å². The summed E-state index contributed by atoms with van der Waals surface area (Å²) in [6, 6.07) is 9.90. The highest BCUT2D eigenvalue weighted by Crippen LogP contribution is 2.22. The van der Waals surface area contributed by atoms with E-state index in [4.69, 9.17) is 0 Å². The van der Waals surface area contributed by atoms with E-state index in [1.165, 1.54) is 11.3 Å². The fourth-order valence-electron chi connectivity index (χ4n) is 1.91. The first-order valence-corrected chi connectivity index (χ1v) is 7.82. The zero-order valence-electron chi connectivity index (χ0n) is 11.5. The van der Waals surface area contributed by atoms with Crippen molar-refractivity contribution in [1.29, 1.82) is 0 Å². The fraction of sp³-hybridized carbons (Fsp3) is 0.333. The van der Waals surface area contributed by atoms with E-state index in [2.05, 4.69) is 22.9 Å². The van der Waals surface area contributed by atoms with Gasteiger partial charge in [-0.25, -0.2) is 4.98 Å². The molecule has 0 aliphatic carbocycles. The molecule has 0 saturated heterocycles. The summed E-state index contributed by atoms with van der Waals surface area (Å²) >= 11 is 5.95. The van der Waals surface area contributed by atoms with Gasteiger partial charge in [0.25, 0.3) is 0 Å². The van der Waals surface area contributed by atoms with E-state index in [1.807, 2.05) is 49.6 Å². The van der Waals surface area contributed by atoms with Gasteiger partial charge in [0.1, 0.15) is 5.01 Å². The molecule has 1 amide bonds. The summed E-state index contributed by atoms with van der Waals surface area (Å²) in [5.41, 5.74) is 0.637. The maximum absolute atomic E-state index is 12.2. The van der Waals surface area contributed by atoms with E-state index in [1.54, 1.807) is 6.20 Å². The highest BCUT2D eigenvalue weighted by atomic mass is 32.1. The van der Waals surface area contributed by atoms with Crippen LogP contribution < -0.4 is 5.32 Å². The Morgan fingerprint density at radius 3 is 2.70 bits per heavy atom. The largest absolute Gasteiger partial charge is 0.344 e. The molecule has 0 fully saturated rings. The van der Waals surface area contributed by atoms with Crippen LogP contribution in [0, 0.1) is 0 Å². The second kappa shape index (κ2) is 6.41. The molecule has 5 heteroatoms. The van der Waals surface area contributed by atoms with Crippen molar-refractivity contribution in [2.75, 3.05) is 0 Å². The minimum absolute atomic E-state index is 0.0719. The molecule has 0 bridgehead atoms. The third kappa shape index (κ3) is 3.84. The number of carbonyl (C=O) groups is 1. The van der Waals surface area contributed by atoms with Crippen molar-refractivity contribution in [3.8, 4) is 0 Å². The first-order chi connectivity index (χ1) is 9.49. The van der Waals surface area contributed by atoms with Gasteiger partial charge in [-0.2, -0.15) is 12.6 Å². The number of carbonyl (C=O) groups excluding carboxylic acids is 1. The number of thiol groups is 1. The van der Waals surface area contributed by atoms with Crippen LogP contribution >= 0.6 is 24.0 Å². The van der Waals surface area contributed by atoms with Gasteiger partial charge < -0.3 is 5.32 Å². The lowest BCUT2D eigenvalue weighted by Gasteiger charge is -2.25. The minimum atomic E-state index is -0.469. The lowest BCUT2D eigenvalue weighted by Crippen LogP contribution is -2.45. The van der Waals surface area contributed by atoms with Crippen LogP contribution in [0.25, 0.3) is 0 Å². The molecule has 3 nitrogen and oxygen atoms in total. The fourth-order valence-corrected chi connectivity index (χ4v) is 2.90. The summed E-state index contributed by atoms with van der Waals surface area (Å²) in [4.78, 5) is 16.5. The van der Waals surface area contributed by atoms with E-state index in [0.717, 1.165) is 10.6 Å². The first-order valence-electron chi connectivity index (χ1n) is 6.43. The number of benzene rings is 1. The lowest BCUT2D eigenvalue weighted by atomic mass is 10.0. The van der Waals surface area contributed by atoms with Gasteiger partial charge >= 0.3 is 0 Å². The van der Waals surface area contributed by atoms with Crippen LogP contribution in [-0.4, -0.2) is 16.1 Å². The van der Waals surface area contributed by atoms with Gasteiger partial charge in [0.15, 0.2) is 0 Å². The zero-order valence-corrected chi connectivity index (χ0v) is 13.2. The van der Waals surface area contributed by atoms with Crippen LogP contribution in [-0.2, 0) is 16.8 Å². The van der Waals surface area contributed by atoms with E-state index >= 15 is 0 Å². The molecule has 1 aromatic carbocycles. The Bertz CT molecular complexity index is 553. The molecular formula is C15H18N2OS2. The molecule has 0 radical (unpaired) electrons. The third-order valence-corrected chi connectivity index (χ3v) is 4.49. The maximum atomic E-state index is 12.2. The average Bonchev–Trinajstić information content (AvgIpc) is 2.94. The van der Waals surface area contributed by atoms with Crippen molar-refractivity contribution < 1.29 is 4.79 Å². The Balaban J connectivity index is 1.98. The third-order valence-electron chi connectivity index (χ3n) is 2.98. The molecular weight excluding hydrogens is 288 g/mol. The molecule has 0 spiro atoms. The summed E-state index contributed by atoms with van der Waals surface area (Å²) in [6.45, 7) is 3.90. The summed E-state index contributed by atoms with van der Waals surface area (Å²) in [5, 5.41) is 5.45. The molecule has 1 aromatic heterocycles. The Hall–Kier alpha value is -1.33. The number of nitrogens with one attached hydrogen (secondary N) is 1. The molecule has 1 heterocycles. The predicted molar refractivity (Wildman–Crippen MR) is 86.2 cm³/mol. The van der Waals surface area contributed by atoms with E-state index in [0.29, 0.717) is 6.42 Å². The SMILES string of the molecule is CC(C)(NC(=O)C(S)Cc1ccccc1)c1nccs1. The quantitative estimate of drug-likeness (QED) is 0.834. The summed E-state index contributed by atoms with van der Waals surface area (Å²) in [6.07, 6.45) is 2.36. The monoisotopic (exact) mass is 306 g/mol. The van der Waals surface area contributed by atoms with Crippen LogP contribution in [0.5, 0.6) is 0 Å². The molecule has 0 saturated carbocycles. The van der Waals surface area contributed by atoms with E-state index < -0.39 is 5.54 Å².